The SMILES string of the molecule is CCCCn1cc(C)nc1NCC1CCCC1. The standard InChI is InChI=1S/C14H25N3/c1-3-4-9-17-11-12(2)16-14(17)15-10-13-7-5-6-8-13/h11,13H,3-10H2,1-2H3,(H,15,16). The molecule has 1 aliphatic carbocycles. The van der Waals surface area contributed by atoms with Gasteiger partial charge in [-0.3, -0.25) is 0 Å². The first-order chi connectivity index (χ1) is 8.29. The zero-order valence-electron chi connectivity index (χ0n) is 11.2. The first kappa shape index (κ1) is 12.5. The third-order valence-corrected chi connectivity index (χ3v) is 3.67. The lowest BCUT2D eigenvalue weighted by Crippen LogP contribution is -2.14. The Morgan fingerprint density at radius 3 is 2.88 bits per heavy atom. The van der Waals surface area contributed by atoms with Crippen LogP contribution in [-0.4, -0.2) is 16.1 Å². The smallest absolute Gasteiger partial charge is 0.203 e. The Labute approximate surface area is 105 Å². The molecule has 0 amide bonds. The molecule has 17 heavy (non-hydrogen) atoms. The minimum Gasteiger partial charge on any atom is -0.355 e. The molecule has 0 aromatic carbocycles. The predicted octanol–water partition coefficient (Wildman–Crippen LogP) is 3.59. The van der Waals surface area contributed by atoms with E-state index in [1.54, 1.807) is 0 Å². The first-order valence-electron chi connectivity index (χ1n) is 7.07. The summed E-state index contributed by atoms with van der Waals surface area (Å²) < 4.78 is 2.27. The van der Waals surface area contributed by atoms with Gasteiger partial charge in [0.2, 0.25) is 5.95 Å². The lowest BCUT2D eigenvalue weighted by molar-refractivity contribution is 0.570. The number of hydrogen-bond donors (Lipinski definition) is 1. The average molecular weight is 235 g/mol. The quantitative estimate of drug-likeness (QED) is 0.816. The van der Waals surface area contributed by atoms with Crippen molar-refractivity contribution in [3.63, 3.8) is 0 Å². The summed E-state index contributed by atoms with van der Waals surface area (Å²) in [7, 11) is 0. The van der Waals surface area contributed by atoms with E-state index in [-0.39, 0.29) is 0 Å². The van der Waals surface area contributed by atoms with Crippen LogP contribution < -0.4 is 5.32 Å². The second-order valence-electron chi connectivity index (χ2n) is 5.28. The highest BCUT2D eigenvalue weighted by Crippen LogP contribution is 2.24. The molecule has 3 nitrogen and oxygen atoms in total. The van der Waals surface area contributed by atoms with Crippen LogP contribution in [0.4, 0.5) is 5.95 Å². The van der Waals surface area contributed by atoms with Crippen molar-refractivity contribution in [3.8, 4) is 0 Å². The maximum absolute atomic E-state index is 4.58. The number of nitrogens with zero attached hydrogens (tertiary/aromatic N) is 2. The highest BCUT2D eigenvalue weighted by atomic mass is 15.2. The Morgan fingerprint density at radius 1 is 1.41 bits per heavy atom. The van der Waals surface area contributed by atoms with E-state index >= 15 is 0 Å². The molecule has 0 radical (unpaired) electrons. The van der Waals surface area contributed by atoms with Gasteiger partial charge in [-0.15, -0.1) is 0 Å². The number of imidazole rings is 1. The molecule has 1 saturated carbocycles. The topological polar surface area (TPSA) is 29.9 Å². The number of nitrogens with one attached hydrogen (secondary N) is 1. The lowest BCUT2D eigenvalue weighted by atomic mass is 10.1. The summed E-state index contributed by atoms with van der Waals surface area (Å²) in [4.78, 5) is 4.58. The van der Waals surface area contributed by atoms with E-state index < -0.39 is 0 Å². The van der Waals surface area contributed by atoms with Gasteiger partial charge in [-0.2, -0.15) is 0 Å². The fourth-order valence-corrected chi connectivity index (χ4v) is 2.64. The van der Waals surface area contributed by atoms with Crippen LogP contribution in [0.3, 0.4) is 0 Å². The summed E-state index contributed by atoms with van der Waals surface area (Å²) >= 11 is 0. The largest absolute Gasteiger partial charge is 0.355 e. The van der Waals surface area contributed by atoms with Gasteiger partial charge >= 0.3 is 0 Å². The van der Waals surface area contributed by atoms with E-state index in [1.807, 2.05) is 0 Å². The van der Waals surface area contributed by atoms with Crippen LogP contribution in [0.15, 0.2) is 6.20 Å². The van der Waals surface area contributed by atoms with E-state index in [0.29, 0.717) is 0 Å². The first-order valence-corrected chi connectivity index (χ1v) is 7.07. The molecule has 1 aromatic heterocycles. The lowest BCUT2D eigenvalue weighted by Gasteiger charge is -2.12. The van der Waals surface area contributed by atoms with E-state index in [1.165, 1.54) is 38.5 Å². The zero-order chi connectivity index (χ0) is 12.1. The molecule has 1 aliphatic rings. The second kappa shape index (κ2) is 6.08. The average Bonchev–Trinajstić information content (AvgIpc) is 2.93. The summed E-state index contributed by atoms with van der Waals surface area (Å²) in [6.45, 7) is 6.49. The van der Waals surface area contributed by atoms with Crippen LogP contribution in [0.1, 0.15) is 51.1 Å². The molecule has 96 valence electrons. The van der Waals surface area contributed by atoms with Gasteiger partial charge in [0.15, 0.2) is 0 Å². The fraction of sp³-hybridized carbons (Fsp3) is 0.786. The van der Waals surface area contributed by atoms with Crippen molar-refractivity contribution in [1.29, 1.82) is 0 Å². The Balaban J connectivity index is 1.89. The molecule has 3 heteroatoms. The normalized spacial score (nSPS) is 16.6. The van der Waals surface area contributed by atoms with Crippen molar-refractivity contribution in [1.82, 2.24) is 9.55 Å². The Hall–Kier alpha value is -0.990. The molecule has 0 aliphatic heterocycles. The Morgan fingerprint density at radius 2 is 2.18 bits per heavy atom. The van der Waals surface area contributed by atoms with Gasteiger partial charge in [-0.1, -0.05) is 26.2 Å². The van der Waals surface area contributed by atoms with Gasteiger partial charge in [0, 0.05) is 19.3 Å². The third kappa shape index (κ3) is 3.48. The molecule has 1 fully saturated rings. The summed E-state index contributed by atoms with van der Waals surface area (Å²) in [6, 6.07) is 0. The predicted molar refractivity (Wildman–Crippen MR) is 72.3 cm³/mol. The van der Waals surface area contributed by atoms with E-state index in [0.717, 1.165) is 30.6 Å². The molecule has 1 heterocycles. The van der Waals surface area contributed by atoms with Crippen molar-refractivity contribution in [2.45, 2.75) is 58.9 Å². The Kier molecular flexibility index (Phi) is 4.46. The molecule has 0 atom stereocenters. The minimum atomic E-state index is 0.867. The van der Waals surface area contributed by atoms with Crippen LogP contribution in [-0.2, 0) is 6.54 Å². The zero-order valence-corrected chi connectivity index (χ0v) is 11.2. The number of aryl methyl sites for hydroxylation is 2. The molecular weight excluding hydrogens is 210 g/mol. The number of unbranched alkanes of at least 4 members (excludes halogenated alkanes) is 1. The molecular formula is C14H25N3. The number of anilines is 1. The van der Waals surface area contributed by atoms with E-state index in [9.17, 15) is 0 Å². The summed E-state index contributed by atoms with van der Waals surface area (Å²) in [5.41, 5.74) is 1.12. The second-order valence-corrected chi connectivity index (χ2v) is 5.28. The van der Waals surface area contributed by atoms with Crippen LogP contribution in [0, 0.1) is 12.8 Å². The van der Waals surface area contributed by atoms with Gasteiger partial charge in [-0.25, -0.2) is 4.98 Å². The number of rotatable bonds is 6. The van der Waals surface area contributed by atoms with Gasteiger partial charge < -0.3 is 9.88 Å². The molecule has 1 N–H and O–H groups in total. The van der Waals surface area contributed by atoms with Crippen LogP contribution >= 0.6 is 0 Å². The van der Waals surface area contributed by atoms with Crippen molar-refractivity contribution in [2.24, 2.45) is 5.92 Å². The molecule has 2 rings (SSSR count). The fourth-order valence-electron chi connectivity index (χ4n) is 2.64. The monoisotopic (exact) mass is 235 g/mol. The maximum Gasteiger partial charge on any atom is 0.203 e. The van der Waals surface area contributed by atoms with E-state index in [2.05, 4.69) is 34.9 Å². The third-order valence-electron chi connectivity index (χ3n) is 3.67. The summed E-state index contributed by atoms with van der Waals surface area (Å²) in [5, 5.41) is 3.54. The van der Waals surface area contributed by atoms with Crippen LogP contribution in [0.5, 0.6) is 0 Å². The van der Waals surface area contributed by atoms with Gasteiger partial charge in [0.05, 0.1) is 5.69 Å². The summed E-state index contributed by atoms with van der Waals surface area (Å²) in [6.07, 6.45) is 10.2. The van der Waals surface area contributed by atoms with Gasteiger partial charge in [-0.05, 0) is 32.1 Å². The van der Waals surface area contributed by atoms with Crippen LogP contribution in [0.25, 0.3) is 0 Å². The highest BCUT2D eigenvalue weighted by Gasteiger charge is 2.15. The van der Waals surface area contributed by atoms with Crippen molar-refractivity contribution in [2.75, 3.05) is 11.9 Å². The van der Waals surface area contributed by atoms with Gasteiger partial charge in [0.25, 0.3) is 0 Å². The van der Waals surface area contributed by atoms with Crippen molar-refractivity contribution in [3.05, 3.63) is 11.9 Å². The number of hydrogen-bond acceptors (Lipinski definition) is 2. The molecule has 1 aromatic rings. The van der Waals surface area contributed by atoms with E-state index in [4.69, 9.17) is 0 Å². The van der Waals surface area contributed by atoms with Gasteiger partial charge in [0.1, 0.15) is 0 Å². The molecule has 0 bridgehead atoms. The minimum absolute atomic E-state index is 0.867. The highest BCUT2D eigenvalue weighted by molar-refractivity contribution is 5.28. The summed E-state index contributed by atoms with van der Waals surface area (Å²) in [5.74, 6) is 1.94. The number of aromatic nitrogens is 2. The molecule has 0 spiro atoms. The Bertz CT molecular complexity index is 337. The molecule has 0 saturated heterocycles. The van der Waals surface area contributed by atoms with Crippen molar-refractivity contribution >= 4 is 5.95 Å². The van der Waals surface area contributed by atoms with Crippen molar-refractivity contribution < 1.29 is 0 Å². The maximum atomic E-state index is 4.58. The molecule has 0 unspecified atom stereocenters. The van der Waals surface area contributed by atoms with Crippen LogP contribution in [0.2, 0.25) is 0 Å².